The Hall–Kier alpha value is -4.14. The van der Waals surface area contributed by atoms with Gasteiger partial charge >= 0.3 is 5.97 Å². The van der Waals surface area contributed by atoms with Crippen molar-refractivity contribution in [2.45, 2.75) is 13.8 Å². The molecule has 0 saturated carbocycles. The zero-order chi connectivity index (χ0) is 22.4. The normalized spacial score (nSPS) is 10.7. The molecular formula is C22H22N4O5. The summed E-state index contributed by atoms with van der Waals surface area (Å²) in [4.78, 5) is 23.7. The SMILES string of the molecule is COc1cc(C=NNC(=O)c2cc(-c3ccc(C)cc3)n[nH]2)cc(OC)c1OC(C)=O. The number of ether oxygens (including phenoxy) is 3. The molecule has 1 aromatic heterocycles. The first-order valence-electron chi connectivity index (χ1n) is 9.31. The molecule has 2 aromatic carbocycles. The summed E-state index contributed by atoms with van der Waals surface area (Å²) in [6, 6.07) is 12.7. The molecule has 31 heavy (non-hydrogen) atoms. The molecule has 0 radical (unpaired) electrons. The van der Waals surface area contributed by atoms with E-state index in [1.54, 1.807) is 18.2 Å². The van der Waals surface area contributed by atoms with Gasteiger partial charge in [-0.25, -0.2) is 5.43 Å². The summed E-state index contributed by atoms with van der Waals surface area (Å²) in [6.45, 7) is 3.28. The number of carbonyl (C=O) groups is 2. The van der Waals surface area contributed by atoms with Crippen LogP contribution >= 0.6 is 0 Å². The second-order valence-corrected chi connectivity index (χ2v) is 6.58. The highest BCUT2D eigenvalue weighted by molar-refractivity contribution is 5.94. The summed E-state index contributed by atoms with van der Waals surface area (Å²) in [5.74, 6) is -0.204. The van der Waals surface area contributed by atoms with Gasteiger partial charge in [-0.1, -0.05) is 29.8 Å². The average molecular weight is 422 g/mol. The number of carbonyl (C=O) groups excluding carboxylic acids is 2. The van der Waals surface area contributed by atoms with E-state index < -0.39 is 11.9 Å². The standard InChI is InChI=1S/C22H22N4O5/c1-13-5-7-16(8-6-13)17-11-18(25-24-17)22(28)26-23-12-15-9-19(29-3)21(31-14(2)27)20(10-15)30-4/h5-12H,1-4H3,(H,24,25)(H,26,28). The second-order valence-electron chi connectivity index (χ2n) is 6.58. The van der Waals surface area contributed by atoms with Crippen molar-refractivity contribution in [2.75, 3.05) is 14.2 Å². The number of esters is 1. The highest BCUT2D eigenvalue weighted by Crippen LogP contribution is 2.38. The lowest BCUT2D eigenvalue weighted by Crippen LogP contribution is -2.18. The number of nitrogens with one attached hydrogen (secondary N) is 2. The fourth-order valence-electron chi connectivity index (χ4n) is 2.75. The molecule has 2 N–H and O–H groups in total. The number of hydrazone groups is 1. The molecule has 9 heteroatoms. The van der Waals surface area contributed by atoms with E-state index >= 15 is 0 Å². The Bertz CT molecular complexity index is 1090. The van der Waals surface area contributed by atoms with Crippen LogP contribution < -0.4 is 19.6 Å². The molecule has 0 saturated heterocycles. The minimum Gasteiger partial charge on any atom is -0.493 e. The van der Waals surface area contributed by atoms with Gasteiger partial charge in [0.25, 0.3) is 5.91 Å². The molecule has 0 spiro atoms. The van der Waals surface area contributed by atoms with Crippen molar-refractivity contribution in [3.8, 4) is 28.5 Å². The maximum Gasteiger partial charge on any atom is 0.308 e. The number of hydrogen-bond donors (Lipinski definition) is 2. The van der Waals surface area contributed by atoms with Gasteiger partial charge in [0, 0.05) is 18.1 Å². The zero-order valence-electron chi connectivity index (χ0n) is 17.6. The van der Waals surface area contributed by atoms with Crippen LogP contribution in [0.3, 0.4) is 0 Å². The fourth-order valence-corrected chi connectivity index (χ4v) is 2.75. The zero-order valence-corrected chi connectivity index (χ0v) is 17.6. The van der Waals surface area contributed by atoms with Crippen LogP contribution in [0.5, 0.6) is 17.2 Å². The van der Waals surface area contributed by atoms with E-state index in [0.29, 0.717) is 22.8 Å². The summed E-state index contributed by atoms with van der Waals surface area (Å²) in [5, 5.41) is 10.8. The third kappa shape index (κ3) is 5.27. The van der Waals surface area contributed by atoms with Crippen LogP contribution in [0.1, 0.15) is 28.5 Å². The van der Waals surface area contributed by atoms with E-state index in [9.17, 15) is 9.59 Å². The highest BCUT2D eigenvalue weighted by Gasteiger charge is 2.16. The molecule has 0 fully saturated rings. The average Bonchev–Trinajstić information content (AvgIpc) is 3.25. The number of hydrogen-bond acceptors (Lipinski definition) is 7. The molecule has 9 nitrogen and oxygen atoms in total. The molecule has 1 amide bonds. The van der Waals surface area contributed by atoms with E-state index in [4.69, 9.17) is 14.2 Å². The van der Waals surface area contributed by atoms with Crippen molar-refractivity contribution in [3.05, 3.63) is 59.3 Å². The van der Waals surface area contributed by atoms with Crippen molar-refractivity contribution in [2.24, 2.45) is 5.10 Å². The number of aromatic amines is 1. The Balaban J connectivity index is 1.72. The Morgan fingerprint density at radius 1 is 1.06 bits per heavy atom. The van der Waals surface area contributed by atoms with Crippen LogP contribution in [0.4, 0.5) is 0 Å². The molecular weight excluding hydrogens is 400 g/mol. The van der Waals surface area contributed by atoms with Gasteiger partial charge in [0.15, 0.2) is 11.5 Å². The first kappa shape index (κ1) is 21.6. The second kappa shape index (κ2) is 9.57. The number of aromatic nitrogens is 2. The molecule has 0 aliphatic heterocycles. The highest BCUT2D eigenvalue weighted by atomic mass is 16.6. The lowest BCUT2D eigenvalue weighted by Gasteiger charge is -2.13. The van der Waals surface area contributed by atoms with Gasteiger partial charge < -0.3 is 14.2 Å². The van der Waals surface area contributed by atoms with E-state index in [-0.39, 0.29) is 11.4 Å². The van der Waals surface area contributed by atoms with Crippen molar-refractivity contribution >= 4 is 18.1 Å². The molecule has 0 unspecified atom stereocenters. The Labute approximate surface area is 179 Å². The smallest absolute Gasteiger partial charge is 0.308 e. The number of methoxy groups -OCH3 is 2. The van der Waals surface area contributed by atoms with Gasteiger partial charge in [-0.05, 0) is 25.1 Å². The molecule has 3 aromatic rings. The third-order valence-electron chi connectivity index (χ3n) is 4.28. The number of rotatable bonds is 7. The number of amides is 1. The van der Waals surface area contributed by atoms with Crippen LogP contribution in [-0.2, 0) is 4.79 Å². The summed E-state index contributed by atoms with van der Waals surface area (Å²) in [5.41, 5.74) is 5.97. The van der Waals surface area contributed by atoms with Gasteiger partial charge in [-0.2, -0.15) is 10.2 Å². The Kier molecular flexibility index (Phi) is 6.66. The van der Waals surface area contributed by atoms with E-state index in [2.05, 4.69) is 20.7 Å². The molecule has 0 atom stereocenters. The van der Waals surface area contributed by atoms with Gasteiger partial charge in [-0.3, -0.25) is 14.7 Å². The maximum atomic E-state index is 12.4. The Morgan fingerprint density at radius 3 is 2.29 bits per heavy atom. The summed E-state index contributed by atoms with van der Waals surface area (Å²) >= 11 is 0. The molecule has 1 heterocycles. The van der Waals surface area contributed by atoms with E-state index in [1.165, 1.54) is 27.4 Å². The van der Waals surface area contributed by atoms with Crippen molar-refractivity contribution < 1.29 is 23.8 Å². The summed E-state index contributed by atoms with van der Waals surface area (Å²) in [7, 11) is 2.88. The topological polar surface area (TPSA) is 115 Å². The minimum atomic E-state index is -0.505. The molecule has 0 bridgehead atoms. The molecule has 0 aliphatic rings. The number of nitrogens with zero attached hydrogens (tertiary/aromatic N) is 2. The van der Waals surface area contributed by atoms with Crippen LogP contribution in [0.2, 0.25) is 0 Å². The number of aryl methyl sites for hydroxylation is 1. The minimum absolute atomic E-state index is 0.166. The van der Waals surface area contributed by atoms with E-state index in [1.807, 2.05) is 31.2 Å². The van der Waals surface area contributed by atoms with Crippen molar-refractivity contribution in [1.29, 1.82) is 0 Å². The predicted molar refractivity (Wildman–Crippen MR) is 115 cm³/mol. The van der Waals surface area contributed by atoms with Crippen LogP contribution in [-0.4, -0.2) is 42.5 Å². The monoisotopic (exact) mass is 422 g/mol. The number of benzene rings is 2. The first-order valence-corrected chi connectivity index (χ1v) is 9.31. The van der Waals surface area contributed by atoms with Gasteiger partial charge in [-0.15, -0.1) is 0 Å². The van der Waals surface area contributed by atoms with Crippen LogP contribution in [0.25, 0.3) is 11.3 Å². The third-order valence-corrected chi connectivity index (χ3v) is 4.28. The van der Waals surface area contributed by atoms with Crippen LogP contribution in [0.15, 0.2) is 47.6 Å². The molecule has 0 aliphatic carbocycles. The fraction of sp³-hybridized carbons (Fsp3) is 0.182. The summed E-state index contributed by atoms with van der Waals surface area (Å²) < 4.78 is 15.7. The number of H-pyrrole nitrogens is 1. The Morgan fingerprint density at radius 2 is 1.71 bits per heavy atom. The lowest BCUT2D eigenvalue weighted by atomic mass is 10.1. The summed E-state index contributed by atoms with van der Waals surface area (Å²) in [6.07, 6.45) is 1.41. The van der Waals surface area contributed by atoms with Crippen LogP contribution in [0, 0.1) is 6.92 Å². The van der Waals surface area contributed by atoms with Gasteiger partial charge in [0.2, 0.25) is 5.75 Å². The van der Waals surface area contributed by atoms with Gasteiger partial charge in [0.05, 0.1) is 26.1 Å². The maximum absolute atomic E-state index is 12.4. The first-order chi connectivity index (χ1) is 14.9. The van der Waals surface area contributed by atoms with Crippen molar-refractivity contribution in [1.82, 2.24) is 15.6 Å². The van der Waals surface area contributed by atoms with Gasteiger partial charge in [0.1, 0.15) is 5.69 Å². The van der Waals surface area contributed by atoms with Crippen molar-refractivity contribution in [3.63, 3.8) is 0 Å². The lowest BCUT2D eigenvalue weighted by molar-refractivity contribution is -0.132. The predicted octanol–water partition coefficient (Wildman–Crippen LogP) is 3.09. The molecule has 160 valence electrons. The molecule has 3 rings (SSSR count). The largest absolute Gasteiger partial charge is 0.493 e. The quantitative estimate of drug-likeness (QED) is 0.262. The van der Waals surface area contributed by atoms with E-state index in [0.717, 1.165) is 11.1 Å².